The predicted molar refractivity (Wildman–Crippen MR) is 62.8 cm³/mol. The molecule has 8 heteroatoms. The Balaban J connectivity index is 5.26. The van der Waals surface area contributed by atoms with Gasteiger partial charge in [0, 0.05) is 40.4 Å². The lowest BCUT2D eigenvalue weighted by Crippen LogP contribution is -2.60. The Morgan fingerprint density at radius 3 is 1.50 bits per heavy atom. The zero-order chi connectivity index (χ0) is 12.8. The van der Waals surface area contributed by atoms with E-state index in [1.807, 2.05) is 0 Å². The van der Waals surface area contributed by atoms with Crippen LogP contribution in [0.3, 0.4) is 0 Å². The summed E-state index contributed by atoms with van der Waals surface area (Å²) in [5.74, 6) is 0. The van der Waals surface area contributed by atoms with Gasteiger partial charge in [-0.05, 0) is 0 Å². The van der Waals surface area contributed by atoms with Crippen LogP contribution in [0.1, 0.15) is 0 Å². The van der Waals surface area contributed by atoms with E-state index < -0.39 is 17.4 Å². The van der Waals surface area contributed by atoms with E-state index in [2.05, 4.69) is 6.58 Å². The van der Waals surface area contributed by atoms with Crippen LogP contribution in [0.2, 0.25) is 0 Å². The molecule has 0 heterocycles. The fraction of sp³-hybridized carbons (Fsp3) is 0.750. The second-order valence-electron chi connectivity index (χ2n) is 2.97. The van der Waals surface area contributed by atoms with E-state index in [-0.39, 0.29) is 6.23 Å². The van der Waals surface area contributed by atoms with E-state index in [9.17, 15) is 5.11 Å². The van der Waals surface area contributed by atoms with E-state index in [0.717, 1.165) is 0 Å². The summed E-state index contributed by atoms with van der Waals surface area (Å²) in [6.45, 7) is 3.86. The third-order valence-electron chi connectivity index (χ3n) is 2.50. The molecule has 0 bridgehead atoms. The number of aliphatic hydroxyl groups is 1. The summed E-state index contributed by atoms with van der Waals surface area (Å²) >= 11 is 0. The fourth-order valence-corrected chi connectivity index (χ4v) is 7.39. The SMILES string of the molecule is C=C([Si](CO)(OC)OC)[Si](OC)(OC)OC. The van der Waals surface area contributed by atoms with Crippen molar-refractivity contribution in [3.63, 3.8) is 0 Å². The molecule has 0 fully saturated rings. The molecule has 0 rings (SSSR count). The van der Waals surface area contributed by atoms with Crippen LogP contribution in [0, 0.1) is 0 Å². The molecule has 0 aliphatic carbocycles. The molecule has 0 saturated carbocycles. The van der Waals surface area contributed by atoms with Crippen molar-refractivity contribution in [3.8, 4) is 0 Å². The minimum Gasteiger partial charge on any atom is -0.394 e. The van der Waals surface area contributed by atoms with Crippen LogP contribution in [0.15, 0.2) is 11.4 Å². The summed E-state index contributed by atoms with van der Waals surface area (Å²) in [4.78, 5) is 0.444. The van der Waals surface area contributed by atoms with Crippen LogP contribution < -0.4 is 0 Å². The Hall–Kier alpha value is -0.0662. The second-order valence-corrected chi connectivity index (χ2v) is 9.65. The average molecular weight is 268 g/mol. The highest BCUT2D eigenvalue weighted by Gasteiger charge is 2.56. The van der Waals surface area contributed by atoms with Gasteiger partial charge >= 0.3 is 17.4 Å². The van der Waals surface area contributed by atoms with Gasteiger partial charge < -0.3 is 27.2 Å². The number of rotatable bonds is 8. The number of hydrogen-bond acceptors (Lipinski definition) is 6. The van der Waals surface area contributed by atoms with Crippen molar-refractivity contribution in [2.24, 2.45) is 0 Å². The lowest BCUT2D eigenvalue weighted by Gasteiger charge is -2.34. The van der Waals surface area contributed by atoms with Crippen molar-refractivity contribution in [3.05, 3.63) is 11.4 Å². The van der Waals surface area contributed by atoms with Gasteiger partial charge in [0.25, 0.3) is 0 Å². The topological polar surface area (TPSA) is 66.4 Å². The average Bonchev–Trinajstić information content (AvgIpc) is 2.35. The molecule has 1 N–H and O–H groups in total. The van der Waals surface area contributed by atoms with Gasteiger partial charge in [-0.3, -0.25) is 0 Å². The summed E-state index contributed by atoms with van der Waals surface area (Å²) in [6, 6.07) is 0. The van der Waals surface area contributed by atoms with Gasteiger partial charge in [-0.25, -0.2) is 0 Å². The highest BCUT2D eigenvalue weighted by atomic mass is 28.4. The Morgan fingerprint density at radius 2 is 1.31 bits per heavy atom. The third-order valence-corrected chi connectivity index (χ3v) is 9.57. The Kier molecular flexibility index (Phi) is 6.59. The fourth-order valence-electron chi connectivity index (χ4n) is 1.41. The maximum Gasteiger partial charge on any atom is 0.532 e. The minimum atomic E-state index is -3.06. The molecule has 0 aromatic rings. The molecule has 16 heavy (non-hydrogen) atoms. The molecule has 0 aliphatic rings. The van der Waals surface area contributed by atoms with Gasteiger partial charge in [-0.1, -0.05) is 6.58 Å². The van der Waals surface area contributed by atoms with E-state index in [4.69, 9.17) is 22.1 Å². The first kappa shape index (κ1) is 15.9. The first-order chi connectivity index (χ1) is 7.52. The summed E-state index contributed by atoms with van der Waals surface area (Å²) in [5, 5.41) is 9.40. The van der Waals surface area contributed by atoms with Crippen molar-refractivity contribution >= 4 is 17.4 Å². The standard InChI is InChI=1S/C8H20O6Si2/c1-8(15(7-9,10-2)11-3)16(12-4,13-5)14-6/h9H,1,7H2,2-6H3. The van der Waals surface area contributed by atoms with Gasteiger partial charge in [-0.15, -0.1) is 0 Å². The van der Waals surface area contributed by atoms with Crippen LogP contribution in [0.25, 0.3) is 0 Å². The Bertz CT molecular complexity index is 188. The summed E-state index contributed by atoms with van der Waals surface area (Å²) in [7, 11) is 1.27. The summed E-state index contributed by atoms with van der Waals surface area (Å²) in [5.41, 5.74) is 0. The monoisotopic (exact) mass is 268 g/mol. The highest BCUT2D eigenvalue weighted by Crippen LogP contribution is 2.26. The van der Waals surface area contributed by atoms with Gasteiger partial charge in [0.15, 0.2) is 0 Å². The van der Waals surface area contributed by atoms with Crippen LogP contribution >= 0.6 is 0 Å². The van der Waals surface area contributed by atoms with Crippen LogP contribution in [0.4, 0.5) is 0 Å². The predicted octanol–water partition coefficient (Wildman–Crippen LogP) is -0.234. The highest BCUT2D eigenvalue weighted by molar-refractivity contribution is 6.94. The van der Waals surface area contributed by atoms with Crippen LogP contribution in [-0.2, 0) is 22.1 Å². The molecule has 0 amide bonds. The van der Waals surface area contributed by atoms with E-state index in [1.54, 1.807) is 0 Å². The van der Waals surface area contributed by atoms with Gasteiger partial charge in [0.05, 0.1) is 6.23 Å². The van der Waals surface area contributed by atoms with Crippen molar-refractivity contribution in [2.45, 2.75) is 0 Å². The molecule has 6 nitrogen and oxygen atoms in total. The third kappa shape index (κ3) is 2.60. The van der Waals surface area contributed by atoms with Gasteiger partial charge in [0.1, 0.15) is 0 Å². The molecule has 0 aliphatic heterocycles. The lowest BCUT2D eigenvalue weighted by molar-refractivity contribution is 0.130. The first-order valence-electron chi connectivity index (χ1n) is 4.59. The maximum atomic E-state index is 9.40. The van der Waals surface area contributed by atoms with Crippen LogP contribution in [-0.4, -0.2) is 64.3 Å². The van der Waals surface area contributed by atoms with E-state index >= 15 is 0 Å². The molecule has 0 saturated heterocycles. The molecular formula is C8H20O6Si2. The van der Waals surface area contributed by atoms with E-state index in [1.165, 1.54) is 35.5 Å². The zero-order valence-corrected chi connectivity index (χ0v) is 12.4. The molecule has 0 radical (unpaired) electrons. The van der Waals surface area contributed by atoms with Gasteiger partial charge in [0.2, 0.25) is 0 Å². The Morgan fingerprint density at radius 1 is 0.938 bits per heavy atom. The smallest absolute Gasteiger partial charge is 0.394 e. The summed E-state index contributed by atoms with van der Waals surface area (Å²) in [6.07, 6.45) is -0.274. The molecule has 0 aromatic heterocycles. The molecule has 0 unspecified atom stereocenters. The largest absolute Gasteiger partial charge is 0.532 e. The first-order valence-corrected chi connectivity index (χ1v) is 8.33. The van der Waals surface area contributed by atoms with Crippen molar-refractivity contribution in [1.82, 2.24) is 0 Å². The molecule has 96 valence electrons. The number of aliphatic hydroxyl groups excluding tert-OH is 1. The Labute approximate surface area is 98.3 Å². The van der Waals surface area contributed by atoms with E-state index in [0.29, 0.717) is 4.82 Å². The maximum absolute atomic E-state index is 9.40. The van der Waals surface area contributed by atoms with Crippen molar-refractivity contribution in [2.75, 3.05) is 41.8 Å². The summed E-state index contributed by atoms with van der Waals surface area (Å²) < 4.78 is 26.3. The second kappa shape index (κ2) is 6.62. The zero-order valence-electron chi connectivity index (χ0n) is 10.4. The minimum absolute atomic E-state index is 0.274. The van der Waals surface area contributed by atoms with Gasteiger partial charge in [-0.2, -0.15) is 0 Å². The van der Waals surface area contributed by atoms with Crippen molar-refractivity contribution in [1.29, 1.82) is 0 Å². The molecule has 0 spiro atoms. The molecule has 0 atom stereocenters. The lowest BCUT2D eigenvalue weighted by atomic mass is 11.2. The van der Waals surface area contributed by atoms with Crippen molar-refractivity contribution < 1.29 is 27.2 Å². The number of hydrogen-bond donors (Lipinski definition) is 1. The van der Waals surface area contributed by atoms with Crippen LogP contribution in [0.5, 0.6) is 0 Å². The quantitative estimate of drug-likeness (QED) is 0.613. The normalized spacial score (nSPS) is 12.9. The molecular weight excluding hydrogens is 248 g/mol. The molecule has 0 aromatic carbocycles.